The fourth-order valence-corrected chi connectivity index (χ4v) is 4.07. The Labute approximate surface area is 136 Å². The van der Waals surface area contributed by atoms with Crippen LogP contribution in [0, 0.1) is 6.92 Å². The molecule has 1 aliphatic heterocycles. The Kier molecular flexibility index (Phi) is 3.87. The normalized spacial score (nSPS) is 21.6. The van der Waals surface area contributed by atoms with Crippen molar-refractivity contribution in [2.75, 3.05) is 26.3 Å². The predicted octanol–water partition coefficient (Wildman–Crippen LogP) is 2.07. The van der Waals surface area contributed by atoms with Gasteiger partial charge < -0.3 is 4.74 Å². The van der Waals surface area contributed by atoms with Gasteiger partial charge in [-0.05, 0) is 41.8 Å². The highest BCUT2D eigenvalue weighted by atomic mass is 16.5. The molecule has 122 valence electrons. The molecule has 4 rings (SSSR count). The third-order valence-electron chi connectivity index (χ3n) is 5.28. The number of nitrogens with zero attached hydrogens (tertiary/aromatic N) is 5. The highest BCUT2D eigenvalue weighted by Crippen LogP contribution is 2.43. The first-order valence-electron chi connectivity index (χ1n) is 8.49. The number of tetrazole rings is 1. The van der Waals surface area contributed by atoms with Crippen molar-refractivity contribution < 1.29 is 4.74 Å². The SMILES string of the molecule is Cc1ccccc1-n1nnnc1C1(N2CCOCC2)CCCC1. The van der Waals surface area contributed by atoms with Gasteiger partial charge in [-0.2, -0.15) is 4.68 Å². The molecule has 2 heterocycles. The van der Waals surface area contributed by atoms with Gasteiger partial charge in [0.1, 0.15) is 0 Å². The molecule has 1 aliphatic carbocycles. The number of benzene rings is 1. The van der Waals surface area contributed by atoms with E-state index in [1.807, 2.05) is 10.7 Å². The van der Waals surface area contributed by atoms with Crippen LogP contribution in [-0.4, -0.2) is 51.4 Å². The topological polar surface area (TPSA) is 56.1 Å². The van der Waals surface area contributed by atoms with Crippen molar-refractivity contribution in [3.05, 3.63) is 35.7 Å². The van der Waals surface area contributed by atoms with Crippen LogP contribution in [0.4, 0.5) is 0 Å². The highest BCUT2D eigenvalue weighted by Gasteiger charge is 2.46. The van der Waals surface area contributed by atoms with Gasteiger partial charge in [-0.15, -0.1) is 5.10 Å². The Morgan fingerprint density at radius 2 is 1.83 bits per heavy atom. The standard InChI is InChI=1S/C17H23N5O/c1-14-6-2-3-7-15(14)22-16(18-19-20-22)17(8-4-5-9-17)21-10-12-23-13-11-21/h2-3,6-7H,4-5,8-13H2,1H3. The lowest BCUT2D eigenvalue weighted by molar-refractivity contribution is -0.0273. The Hall–Kier alpha value is -1.79. The second-order valence-electron chi connectivity index (χ2n) is 6.54. The van der Waals surface area contributed by atoms with Gasteiger partial charge in [-0.25, -0.2) is 0 Å². The zero-order chi connectivity index (χ0) is 15.7. The molecule has 23 heavy (non-hydrogen) atoms. The fraction of sp³-hybridized carbons (Fsp3) is 0.588. The van der Waals surface area contributed by atoms with Crippen molar-refractivity contribution in [1.82, 2.24) is 25.1 Å². The summed E-state index contributed by atoms with van der Waals surface area (Å²) in [5, 5.41) is 12.8. The molecule has 2 fully saturated rings. The van der Waals surface area contributed by atoms with Crippen LogP contribution in [-0.2, 0) is 10.3 Å². The molecular weight excluding hydrogens is 290 g/mol. The van der Waals surface area contributed by atoms with E-state index < -0.39 is 0 Å². The number of rotatable bonds is 3. The van der Waals surface area contributed by atoms with E-state index in [2.05, 4.69) is 45.5 Å². The van der Waals surface area contributed by atoms with Crippen molar-refractivity contribution in [2.45, 2.75) is 38.1 Å². The summed E-state index contributed by atoms with van der Waals surface area (Å²) < 4.78 is 7.51. The van der Waals surface area contributed by atoms with E-state index in [9.17, 15) is 0 Å². The van der Waals surface area contributed by atoms with Gasteiger partial charge in [0.15, 0.2) is 5.82 Å². The van der Waals surface area contributed by atoms with Crippen molar-refractivity contribution in [3.8, 4) is 5.69 Å². The molecule has 0 unspecified atom stereocenters. The monoisotopic (exact) mass is 313 g/mol. The molecule has 0 radical (unpaired) electrons. The highest BCUT2D eigenvalue weighted by molar-refractivity contribution is 5.40. The van der Waals surface area contributed by atoms with Crippen LogP contribution in [0.2, 0.25) is 0 Å². The number of morpholine rings is 1. The molecule has 1 aromatic heterocycles. The van der Waals surface area contributed by atoms with Gasteiger partial charge >= 0.3 is 0 Å². The van der Waals surface area contributed by atoms with Crippen molar-refractivity contribution in [1.29, 1.82) is 0 Å². The molecule has 6 nitrogen and oxygen atoms in total. The number of aryl methyl sites for hydroxylation is 1. The minimum atomic E-state index is -0.0461. The smallest absolute Gasteiger partial charge is 0.176 e. The van der Waals surface area contributed by atoms with Crippen LogP contribution in [0.3, 0.4) is 0 Å². The predicted molar refractivity (Wildman–Crippen MR) is 86.4 cm³/mol. The second-order valence-corrected chi connectivity index (χ2v) is 6.54. The van der Waals surface area contributed by atoms with Crippen LogP contribution in [0.25, 0.3) is 5.69 Å². The molecule has 0 amide bonds. The summed E-state index contributed by atoms with van der Waals surface area (Å²) in [6.45, 7) is 5.62. The van der Waals surface area contributed by atoms with Crippen LogP contribution in [0.5, 0.6) is 0 Å². The number of hydrogen-bond donors (Lipinski definition) is 0. The molecule has 1 saturated heterocycles. The van der Waals surface area contributed by atoms with Gasteiger partial charge in [0, 0.05) is 13.1 Å². The lowest BCUT2D eigenvalue weighted by Crippen LogP contribution is -2.51. The lowest BCUT2D eigenvalue weighted by atomic mass is 9.93. The van der Waals surface area contributed by atoms with Gasteiger partial charge in [-0.1, -0.05) is 31.0 Å². The molecule has 1 aromatic carbocycles. The van der Waals surface area contributed by atoms with Gasteiger partial charge in [-0.3, -0.25) is 4.90 Å². The van der Waals surface area contributed by atoms with Crippen LogP contribution >= 0.6 is 0 Å². The summed E-state index contributed by atoms with van der Waals surface area (Å²) in [5.41, 5.74) is 2.22. The average molecular weight is 313 g/mol. The van der Waals surface area contributed by atoms with Crippen molar-refractivity contribution >= 4 is 0 Å². The number of hydrogen-bond acceptors (Lipinski definition) is 5. The van der Waals surface area contributed by atoms with Crippen LogP contribution in [0.15, 0.2) is 24.3 Å². The maximum Gasteiger partial charge on any atom is 0.176 e. The third-order valence-corrected chi connectivity index (χ3v) is 5.28. The quantitative estimate of drug-likeness (QED) is 0.868. The number of aromatic nitrogens is 4. The second kappa shape index (κ2) is 6.02. The van der Waals surface area contributed by atoms with Crippen LogP contribution < -0.4 is 0 Å². The molecule has 2 aromatic rings. The maximum atomic E-state index is 5.56. The number of ether oxygens (including phenoxy) is 1. The largest absolute Gasteiger partial charge is 0.379 e. The summed E-state index contributed by atoms with van der Waals surface area (Å²) in [6.07, 6.45) is 4.72. The Morgan fingerprint density at radius 1 is 1.09 bits per heavy atom. The molecule has 2 aliphatic rings. The minimum Gasteiger partial charge on any atom is -0.379 e. The van der Waals surface area contributed by atoms with Gasteiger partial charge in [0.25, 0.3) is 0 Å². The molecule has 0 spiro atoms. The van der Waals surface area contributed by atoms with E-state index in [0.717, 1.165) is 50.7 Å². The van der Waals surface area contributed by atoms with E-state index >= 15 is 0 Å². The molecule has 1 saturated carbocycles. The van der Waals surface area contributed by atoms with E-state index in [0.29, 0.717) is 0 Å². The Balaban J connectivity index is 1.79. The van der Waals surface area contributed by atoms with Crippen LogP contribution in [0.1, 0.15) is 37.1 Å². The summed E-state index contributed by atoms with van der Waals surface area (Å²) in [7, 11) is 0. The van der Waals surface area contributed by atoms with Gasteiger partial charge in [0.05, 0.1) is 24.4 Å². The van der Waals surface area contributed by atoms with E-state index in [1.165, 1.54) is 18.4 Å². The first-order valence-corrected chi connectivity index (χ1v) is 8.49. The zero-order valence-corrected chi connectivity index (χ0v) is 13.6. The first kappa shape index (κ1) is 14.8. The summed E-state index contributed by atoms with van der Waals surface area (Å²) >= 11 is 0. The average Bonchev–Trinajstić information content (AvgIpc) is 3.26. The molecular formula is C17H23N5O. The summed E-state index contributed by atoms with van der Waals surface area (Å²) in [5.74, 6) is 0.992. The van der Waals surface area contributed by atoms with E-state index in [4.69, 9.17) is 4.74 Å². The lowest BCUT2D eigenvalue weighted by Gasteiger charge is -2.42. The molecule has 6 heteroatoms. The zero-order valence-electron chi connectivity index (χ0n) is 13.6. The fourth-order valence-electron chi connectivity index (χ4n) is 4.07. The molecule has 0 N–H and O–H groups in total. The van der Waals surface area contributed by atoms with E-state index in [-0.39, 0.29) is 5.54 Å². The first-order chi connectivity index (χ1) is 11.3. The molecule has 0 bridgehead atoms. The van der Waals surface area contributed by atoms with Crippen molar-refractivity contribution in [2.24, 2.45) is 0 Å². The minimum absolute atomic E-state index is 0.0461. The maximum absolute atomic E-state index is 5.56. The summed E-state index contributed by atoms with van der Waals surface area (Å²) in [4.78, 5) is 2.55. The Bertz CT molecular complexity index is 671. The third kappa shape index (κ3) is 2.46. The Morgan fingerprint density at radius 3 is 2.57 bits per heavy atom. The molecule has 0 atom stereocenters. The number of para-hydroxylation sites is 1. The summed E-state index contributed by atoms with van der Waals surface area (Å²) in [6, 6.07) is 8.30. The van der Waals surface area contributed by atoms with E-state index in [1.54, 1.807) is 0 Å². The van der Waals surface area contributed by atoms with Gasteiger partial charge in [0.2, 0.25) is 0 Å². The van der Waals surface area contributed by atoms with Crippen molar-refractivity contribution in [3.63, 3.8) is 0 Å².